The van der Waals surface area contributed by atoms with E-state index in [1.165, 1.54) is 44.9 Å². The van der Waals surface area contributed by atoms with Crippen molar-refractivity contribution in [1.29, 1.82) is 0 Å². The van der Waals surface area contributed by atoms with Crippen molar-refractivity contribution >= 4 is 0 Å². The molecular weight excluding hydrogens is 132 g/mol. The predicted molar refractivity (Wildman–Crippen MR) is 50.6 cm³/mol. The van der Waals surface area contributed by atoms with Gasteiger partial charge in [-0.05, 0) is 25.7 Å². The van der Waals surface area contributed by atoms with Crippen LogP contribution in [0.25, 0.3) is 0 Å². The fourth-order valence-electron chi connectivity index (χ4n) is 1.97. The van der Waals surface area contributed by atoms with Crippen LogP contribution >= 0.6 is 0 Å². The van der Waals surface area contributed by atoms with Gasteiger partial charge in [0.2, 0.25) is 0 Å². The molecule has 0 radical (unpaired) electrons. The van der Waals surface area contributed by atoms with Crippen molar-refractivity contribution in [3.63, 3.8) is 0 Å². The summed E-state index contributed by atoms with van der Waals surface area (Å²) in [5.41, 5.74) is 0. The molecule has 0 atom stereocenters. The van der Waals surface area contributed by atoms with E-state index in [0.717, 1.165) is 5.92 Å². The third-order valence-electron chi connectivity index (χ3n) is 2.70. The van der Waals surface area contributed by atoms with Gasteiger partial charge < -0.3 is 0 Å². The lowest BCUT2D eigenvalue weighted by atomic mass is 9.86. The first-order chi connectivity index (χ1) is 5.43. The largest absolute Gasteiger partial charge is 0.0917 e. The van der Waals surface area contributed by atoms with Crippen LogP contribution in [0.3, 0.4) is 0 Å². The molecule has 11 heavy (non-hydrogen) atoms. The molecule has 0 heterocycles. The van der Waals surface area contributed by atoms with Gasteiger partial charge in [0.15, 0.2) is 0 Å². The molecule has 0 spiro atoms. The molecule has 0 aromatic rings. The molecule has 1 fully saturated rings. The average molecular weight is 152 g/mol. The van der Waals surface area contributed by atoms with Gasteiger partial charge in [-0.2, -0.15) is 0 Å². The summed E-state index contributed by atoms with van der Waals surface area (Å²) in [4.78, 5) is 0. The number of rotatable bonds is 3. The minimum atomic E-state index is 1.06. The van der Waals surface area contributed by atoms with Crippen LogP contribution in [-0.2, 0) is 0 Å². The number of hydrogen-bond donors (Lipinski definition) is 0. The summed E-state index contributed by atoms with van der Waals surface area (Å²) >= 11 is 0. The fourth-order valence-corrected chi connectivity index (χ4v) is 1.97. The summed E-state index contributed by atoms with van der Waals surface area (Å²) in [6, 6.07) is 0. The van der Waals surface area contributed by atoms with Crippen LogP contribution in [0.1, 0.15) is 51.9 Å². The topological polar surface area (TPSA) is 0 Å². The van der Waals surface area contributed by atoms with Crippen LogP contribution in [0.4, 0.5) is 0 Å². The lowest BCUT2D eigenvalue weighted by molar-refractivity contribution is 0.341. The van der Waals surface area contributed by atoms with E-state index < -0.39 is 0 Å². The van der Waals surface area contributed by atoms with Crippen molar-refractivity contribution in [1.82, 2.24) is 0 Å². The van der Waals surface area contributed by atoms with Gasteiger partial charge in [0, 0.05) is 0 Å². The molecule has 0 unspecified atom stereocenters. The van der Waals surface area contributed by atoms with Gasteiger partial charge in [0.25, 0.3) is 0 Å². The molecule has 0 bridgehead atoms. The van der Waals surface area contributed by atoms with Crippen molar-refractivity contribution in [2.45, 2.75) is 51.9 Å². The maximum Gasteiger partial charge on any atom is -0.0348 e. The fraction of sp³-hybridized carbons (Fsp3) is 0.818. The molecule has 1 aliphatic carbocycles. The quantitative estimate of drug-likeness (QED) is 0.538. The number of hydrogen-bond acceptors (Lipinski definition) is 0. The zero-order chi connectivity index (χ0) is 7.94. The van der Waals surface area contributed by atoms with Crippen LogP contribution in [0, 0.1) is 5.92 Å². The molecule has 1 rings (SSSR count). The lowest BCUT2D eigenvalue weighted by Crippen LogP contribution is -2.05. The zero-order valence-electron chi connectivity index (χ0n) is 7.68. The second-order valence-corrected chi connectivity index (χ2v) is 3.65. The summed E-state index contributed by atoms with van der Waals surface area (Å²) in [7, 11) is 0. The third kappa shape index (κ3) is 3.60. The molecule has 0 aromatic carbocycles. The lowest BCUT2D eigenvalue weighted by Gasteiger charge is -2.20. The van der Waals surface area contributed by atoms with Gasteiger partial charge in [-0.25, -0.2) is 0 Å². The first kappa shape index (κ1) is 8.83. The predicted octanol–water partition coefficient (Wildman–Crippen LogP) is 3.92. The Labute approximate surface area is 70.7 Å². The van der Waals surface area contributed by atoms with E-state index in [1.54, 1.807) is 0 Å². The van der Waals surface area contributed by atoms with E-state index in [4.69, 9.17) is 0 Å². The van der Waals surface area contributed by atoms with Crippen molar-refractivity contribution in [3.8, 4) is 0 Å². The Morgan fingerprint density at radius 3 is 2.55 bits per heavy atom. The second kappa shape index (κ2) is 5.40. The maximum absolute atomic E-state index is 2.30. The van der Waals surface area contributed by atoms with Crippen LogP contribution in [0.2, 0.25) is 0 Å². The Morgan fingerprint density at radius 2 is 1.91 bits per heavy atom. The van der Waals surface area contributed by atoms with Crippen molar-refractivity contribution in [3.05, 3.63) is 12.2 Å². The summed E-state index contributed by atoms with van der Waals surface area (Å²) < 4.78 is 0. The molecular formula is C11H20. The molecule has 0 N–H and O–H groups in total. The van der Waals surface area contributed by atoms with Crippen LogP contribution in [0.15, 0.2) is 12.2 Å². The van der Waals surface area contributed by atoms with Gasteiger partial charge in [-0.1, -0.05) is 44.3 Å². The molecule has 0 aliphatic heterocycles. The summed E-state index contributed by atoms with van der Waals surface area (Å²) in [6.45, 7) is 2.11. The standard InChI is InChI=1S/C11H20/c1-2-3-5-8-11-9-6-4-7-10-11/h2-3,11H,4-10H2,1H3/b3-2-. The van der Waals surface area contributed by atoms with Crippen LogP contribution in [0.5, 0.6) is 0 Å². The second-order valence-electron chi connectivity index (χ2n) is 3.65. The minimum absolute atomic E-state index is 1.06. The van der Waals surface area contributed by atoms with Crippen LogP contribution < -0.4 is 0 Å². The van der Waals surface area contributed by atoms with E-state index in [2.05, 4.69) is 19.1 Å². The summed E-state index contributed by atoms with van der Waals surface area (Å²) in [5, 5.41) is 0. The Bertz CT molecular complexity index is 107. The molecule has 0 aromatic heterocycles. The highest BCUT2D eigenvalue weighted by atomic mass is 14.2. The Hall–Kier alpha value is -0.260. The molecule has 1 saturated carbocycles. The Morgan fingerprint density at radius 1 is 1.18 bits per heavy atom. The molecule has 0 heteroatoms. The van der Waals surface area contributed by atoms with Gasteiger partial charge >= 0.3 is 0 Å². The average Bonchev–Trinajstić information content (AvgIpc) is 2.07. The highest BCUT2D eigenvalue weighted by Gasteiger charge is 2.11. The molecule has 64 valence electrons. The maximum atomic E-state index is 2.30. The van der Waals surface area contributed by atoms with Gasteiger partial charge in [-0.3, -0.25) is 0 Å². The SMILES string of the molecule is C/C=C\CCC1CCCCC1. The normalized spacial score (nSPS) is 21.2. The summed E-state index contributed by atoms with van der Waals surface area (Å²) in [6.07, 6.45) is 14.7. The summed E-state index contributed by atoms with van der Waals surface area (Å²) in [5.74, 6) is 1.06. The third-order valence-corrected chi connectivity index (χ3v) is 2.70. The first-order valence-corrected chi connectivity index (χ1v) is 5.04. The van der Waals surface area contributed by atoms with Crippen molar-refractivity contribution < 1.29 is 0 Å². The monoisotopic (exact) mass is 152 g/mol. The minimum Gasteiger partial charge on any atom is -0.0917 e. The number of allylic oxidation sites excluding steroid dienone is 2. The zero-order valence-corrected chi connectivity index (χ0v) is 7.68. The smallest absolute Gasteiger partial charge is 0.0348 e. The highest BCUT2D eigenvalue weighted by Crippen LogP contribution is 2.27. The van der Waals surface area contributed by atoms with Gasteiger partial charge in [0.05, 0.1) is 0 Å². The molecule has 0 saturated heterocycles. The van der Waals surface area contributed by atoms with E-state index in [0.29, 0.717) is 0 Å². The van der Waals surface area contributed by atoms with E-state index in [1.807, 2.05) is 0 Å². The van der Waals surface area contributed by atoms with Crippen LogP contribution in [-0.4, -0.2) is 0 Å². The van der Waals surface area contributed by atoms with E-state index in [-0.39, 0.29) is 0 Å². The Balaban J connectivity index is 2.04. The molecule has 0 amide bonds. The Kier molecular flexibility index (Phi) is 4.33. The van der Waals surface area contributed by atoms with Crippen molar-refractivity contribution in [2.24, 2.45) is 5.92 Å². The first-order valence-electron chi connectivity index (χ1n) is 5.04. The van der Waals surface area contributed by atoms with Gasteiger partial charge in [-0.15, -0.1) is 0 Å². The van der Waals surface area contributed by atoms with Crippen molar-refractivity contribution in [2.75, 3.05) is 0 Å². The molecule has 0 nitrogen and oxygen atoms in total. The molecule has 1 aliphatic rings. The van der Waals surface area contributed by atoms with E-state index in [9.17, 15) is 0 Å². The van der Waals surface area contributed by atoms with E-state index >= 15 is 0 Å². The van der Waals surface area contributed by atoms with Gasteiger partial charge in [0.1, 0.15) is 0 Å². The highest BCUT2D eigenvalue weighted by molar-refractivity contribution is 4.78.